The van der Waals surface area contributed by atoms with Crippen molar-refractivity contribution in [2.24, 2.45) is 0 Å². The molecule has 0 amide bonds. The van der Waals surface area contributed by atoms with E-state index in [9.17, 15) is 0 Å². The molecule has 0 aliphatic carbocycles. The van der Waals surface area contributed by atoms with Gasteiger partial charge in [-0.3, -0.25) is 0 Å². The Bertz CT molecular complexity index is 951. The molecule has 3 aromatic carbocycles. The van der Waals surface area contributed by atoms with Crippen molar-refractivity contribution < 1.29 is 0 Å². The maximum atomic E-state index is 4.14. The zero-order valence-corrected chi connectivity index (χ0v) is 12.6. The van der Waals surface area contributed by atoms with Crippen molar-refractivity contribution in [3.63, 3.8) is 0 Å². The fraction of sp³-hybridized carbons (Fsp3) is 0.0476. The van der Waals surface area contributed by atoms with Crippen molar-refractivity contribution in [2.45, 2.75) is 6.92 Å². The van der Waals surface area contributed by atoms with Crippen molar-refractivity contribution in [1.82, 2.24) is 4.57 Å². The van der Waals surface area contributed by atoms with Crippen LogP contribution in [0.2, 0.25) is 0 Å². The summed E-state index contributed by atoms with van der Waals surface area (Å²) in [6, 6.07) is 25.6. The second-order valence-corrected chi connectivity index (χ2v) is 5.67. The third kappa shape index (κ3) is 1.79. The van der Waals surface area contributed by atoms with E-state index in [0.717, 1.165) is 5.57 Å². The number of allylic oxidation sites excluding steroid dienone is 1. The lowest BCUT2D eigenvalue weighted by Crippen LogP contribution is -1.97. The Morgan fingerprint density at radius 1 is 0.727 bits per heavy atom. The third-order valence-corrected chi connectivity index (χ3v) is 4.18. The van der Waals surface area contributed by atoms with E-state index in [0.29, 0.717) is 0 Å². The molecule has 1 aromatic heterocycles. The first kappa shape index (κ1) is 12.9. The molecule has 1 heteroatoms. The van der Waals surface area contributed by atoms with Crippen LogP contribution in [-0.2, 0) is 0 Å². The number of fused-ring (bicyclic) bond motifs is 3. The first-order valence-electron chi connectivity index (χ1n) is 7.51. The molecule has 0 aliphatic rings. The largest absolute Gasteiger partial charge is 0.309 e. The van der Waals surface area contributed by atoms with Gasteiger partial charge < -0.3 is 4.57 Å². The number of nitrogens with zero attached hydrogens (tertiary/aromatic N) is 1. The van der Waals surface area contributed by atoms with Gasteiger partial charge in [0, 0.05) is 16.3 Å². The number of benzene rings is 3. The minimum absolute atomic E-state index is 1.08. The van der Waals surface area contributed by atoms with Crippen LogP contribution >= 0.6 is 0 Å². The van der Waals surface area contributed by atoms with Gasteiger partial charge in [0.1, 0.15) is 0 Å². The lowest BCUT2D eigenvalue weighted by molar-refractivity contribution is 1.17. The summed E-state index contributed by atoms with van der Waals surface area (Å²) in [6.07, 6.45) is 0. The van der Waals surface area contributed by atoms with Gasteiger partial charge in [0.25, 0.3) is 0 Å². The fourth-order valence-corrected chi connectivity index (χ4v) is 3.21. The van der Waals surface area contributed by atoms with Crippen molar-refractivity contribution in [1.29, 1.82) is 0 Å². The smallest absolute Gasteiger partial charge is 0.0541 e. The lowest BCUT2D eigenvalue weighted by atomic mass is 10.1. The van der Waals surface area contributed by atoms with E-state index >= 15 is 0 Å². The maximum Gasteiger partial charge on any atom is 0.0541 e. The Balaban J connectivity index is 2.21. The summed E-state index contributed by atoms with van der Waals surface area (Å²) in [5.74, 6) is 0. The molecule has 0 fully saturated rings. The van der Waals surface area contributed by atoms with E-state index < -0.39 is 0 Å². The SMILES string of the molecule is C=C(C)c1ccccc1-n1c2ccccc2c2ccccc21. The highest BCUT2D eigenvalue weighted by atomic mass is 15.0. The molecule has 0 spiro atoms. The summed E-state index contributed by atoms with van der Waals surface area (Å²) in [4.78, 5) is 0. The molecule has 0 unspecified atom stereocenters. The molecule has 0 aliphatic heterocycles. The van der Waals surface area contributed by atoms with Crippen molar-refractivity contribution >= 4 is 27.4 Å². The molecule has 0 bridgehead atoms. The summed E-state index contributed by atoms with van der Waals surface area (Å²) in [5.41, 5.74) is 5.92. The maximum absolute atomic E-state index is 4.14. The van der Waals surface area contributed by atoms with Crippen molar-refractivity contribution in [3.8, 4) is 5.69 Å². The van der Waals surface area contributed by atoms with Crippen LogP contribution in [0.1, 0.15) is 12.5 Å². The molecule has 0 atom stereocenters. The van der Waals surface area contributed by atoms with Gasteiger partial charge in [0.05, 0.1) is 16.7 Å². The normalized spacial score (nSPS) is 11.1. The second-order valence-electron chi connectivity index (χ2n) is 5.67. The van der Waals surface area contributed by atoms with Gasteiger partial charge in [-0.1, -0.05) is 61.2 Å². The van der Waals surface area contributed by atoms with Gasteiger partial charge in [-0.25, -0.2) is 0 Å². The monoisotopic (exact) mass is 283 g/mol. The highest BCUT2D eigenvalue weighted by Crippen LogP contribution is 2.33. The summed E-state index contributed by atoms with van der Waals surface area (Å²) < 4.78 is 2.34. The Morgan fingerprint density at radius 3 is 1.82 bits per heavy atom. The molecule has 0 saturated heterocycles. The quantitative estimate of drug-likeness (QED) is 0.437. The number of hydrogen-bond acceptors (Lipinski definition) is 0. The van der Waals surface area contributed by atoms with Crippen LogP contribution in [0.5, 0.6) is 0 Å². The third-order valence-electron chi connectivity index (χ3n) is 4.18. The van der Waals surface area contributed by atoms with E-state index in [2.05, 4.69) is 90.9 Å². The molecule has 22 heavy (non-hydrogen) atoms. The minimum atomic E-state index is 1.08. The summed E-state index contributed by atoms with van der Waals surface area (Å²) >= 11 is 0. The molecule has 4 aromatic rings. The van der Waals surface area contributed by atoms with E-state index in [4.69, 9.17) is 0 Å². The Labute approximate surface area is 130 Å². The van der Waals surface area contributed by atoms with Crippen LogP contribution in [0, 0.1) is 0 Å². The van der Waals surface area contributed by atoms with Crippen LogP contribution in [-0.4, -0.2) is 4.57 Å². The Morgan fingerprint density at radius 2 is 1.23 bits per heavy atom. The van der Waals surface area contributed by atoms with Crippen LogP contribution in [0.15, 0.2) is 79.4 Å². The molecule has 0 N–H and O–H groups in total. The van der Waals surface area contributed by atoms with Gasteiger partial charge in [-0.05, 0) is 30.7 Å². The number of para-hydroxylation sites is 3. The van der Waals surface area contributed by atoms with Gasteiger partial charge in [-0.2, -0.15) is 0 Å². The predicted octanol–water partition coefficient (Wildman–Crippen LogP) is 5.82. The number of aromatic nitrogens is 1. The van der Waals surface area contributed by atoms with Gasteiger partial charge in [-0.15, -0.1) is 0 Å². The molecule has 1 heterocycles. The summed E-state index contributed by atoms with van der Waals surface area (Å²) in [5, 5.41) is 2.57. The van der Waals surface area contributed by atoms with Crippen molar-refractivity contribution in [2.75, 3.05) is 0 Å². The topological polar surface area (TPSA) is 4.93 Å². The van der Waals surface area contributed by atoms with Gasteiger partial charge in [0.15, 0.2) is 0 Å². The van der Waals surface area contributed by atoms with Crippen molar-refractivity contribution in [3.05, 3.63) is 84.9 Å². The second kappa shape index (κ2) is 4.88. The first-order chi connectivity index (χ1) is 10.8. The molecule has 0 saturated carbocycles. The predicted molar refractivity (Wildman–Crippen MR) is 95.5 cm³/mol. The molecular formula is C21H17N. The summed E-state index contributed by atoms with van der Waals surface area (Å²) in [6.45, 7) is 6.20. The van der Waals surface area contributed by atoms with Gasteiger partial charge in [0.2, 0.25) is 0 Å². The molecule has 4 rings (SSSR count). The summed E-state index contributed by atoms with van der Waals surface area (Å²) in [7, 11) is 0. The molecule has 0 radical (unpaired) electrons. The average molecular weight is 283 g/mol. The molecule has 1 nitrogen and oxygen atoms in total. The van der Waals surface area contributed by atoms with Crippen LogP contribution in [0.3, 0.4) is 0 Å². The van der Waals surface area contributed by atoms with Gasteiger partial charge >= 0.3 is 0 Å². The molecular weight excluding hydrogens is 266 g/mol. The number of hydrogen-bond donors (Lipinski definition) is 0. The molecule has 106 valence electrons. The van der Waals surface area contributed by atoms with E-state index in [1.54, 1.807) is 0 Å². The van der Waals surface area contributed by atoms with Crippen LogP contribution in [0.25, 0.3) is 33.1 Å². The van der Waals surface area contributed by atoms with Crippen LogP contribution < -0.4 is 0 Å². The van der Waals surface area contributed by atoms with E-state index in [-0.39, 0.29) is 0 Å². The zero-order valence-electron chi connectivity index (χ0n) is 12.6. The highest BCUT2D eigenvalue weighted by Gasteiger charge is 2.13. The zero-order chi connectivity index (χ0) is 15.1. The standard InChI is InChI=1S/C21H17N/c1-15(2)16-9-3-6-12-19(16)22-20-13-7-4-10-17(20)18-11-5-8-14-21(18)22/h3-14H,1H2,2H3. The van der Waals surface area contributed by atoms with Crippen LogP contribution in [0.4, 0.5) is 0 Å². The highest BCUT2D eigenvalue weighted by molar-refractivity contribution is 6.09. The Hall–Kier alpha value is -2.80. The Kier molecular flexibility index (Phi) is 2.87. The van der Waals surface area contributed by atoms with E-state index in [1.807, 2.05) is 0 Å². The minimum Gasteiger partial charge on any atom is -0.309 e. The first-order valence-corrected chi connectivity index (χ1v) is 7.51. The average Bonchev–Trinajstić information content (AvgIpc) is 2.89. The fourth-order valence-electron chi connectivity index (χ4n) is 3.21. The van der Waals surface area contributed by atoms with E-state index in [1.165, 1.54) is 33.1 Å². The number of rotatable bonds is 2. The lowest BCUT2D eigenvalue weighted by Gasteiger charge is -2.13.